The van der Waals surface area contributed by atoms with Crippen LogP contribution in [0.3, 0.4) is 0 Å². The number of nitro benzene ring substituents is 1. The third kappa shape index (κ3) is 4.38. The van der Waals surface area contributed by atoms with Crippen molar-refractivity contribution in [3.8, 4) is 0 Å². The van der Waals surface area contributed by atoms with Crippen LogP contribution in [-0.2, 0) is 16.1 Å². The van der Waals surface area contributed by atoms with Crippen molar-refractivity contribution in [2.75, 3.05) is 6.61 Å². The number of carbonyl (C=O) groups is 1. The molecular formula is C37H53NO6. The Labute approximate surface area is 263 Å². The van der Waals surface area contributed by atoms with Crippen LogP contribution in [0.2, 0.25) is 0 Å². The quantitative estimate of drug-likeness (QED) is 0.153. The van der Waals surface area contributed by atoms with Crippen molar-refractivity contribution in [1.82, 2.24) is 0 Å². The molecular weight excluding hydrogens is 554 g/mol. The zero-order chi connectivity index (χ0) is 31.9. The Kier molecular flexibility index (Phi) is 7.49. The van der Waals surface area contributed by atoms with E-state index in [1.54, 1.807) is 12.1 Å². The van der Waals surface area contributed by atoms with Gasteiger partial charge < -0.3 is 14.9 Å². The van der Waals surface area contributed by atoms with E-state index in [0.717, 1.165) is 69.8 Å². The van der Waals surface area contributed by atoms with E-state index in [4.69, 9.17) is 4.74 Å². The number of aliphatic hydroxyl groups excluding tert-OH is 2. The number of benzene rings is 1. The molecule has 7 heteroatoms. The fourth-order valence-corrected chi connectivity index (χ4v) is 11.6. The van der Waals surface area contributed by atoms with Gasteiger partial charge in [-0.2, -0.15) is 0 Å². The van der Waals surface area contributed by atoms with Gasteiger partial charge in [0.15, 0.2) is 0 Å². The Morgan fingerprint density at radius 2 is 1.64 bits per heavy atom. The topological polar surface area (TPSA) is 110 Å². The summed E-state index contributed by atoms with van der Waals surface area (Å²) in [5, 5.41) is 32.7. The second-order valence-electron chi connectivity index (χ2n) is 17.1. The lowest BCUT2D eigenvalue weighted by atomic mass is 9.33. The Morgan fingerprint density at radius 1 is 0.955 bits per heavy atom. The van der Waals surface area contributed by atoms with Crippen LogP contribution >= 0.6 is 0 Å². The molecule has 5 aliphatic rings. The summed E-state index contributed by atoms with van der Waals surface area (Å²) in [4.78, 5) is 24.9. The Hall–Kier alpha value is -2.25. The van der Waals surface area contributed by atoms with Gasteiger partial charge in [0.2, 0.25) is 0 Å². The average Bonchev–Trinajstić information content (AvgIpc) is 2.98. The average molecular weight is 608 g/mol. The van der Waals surface area contributed by atoms with E-state index < -0.39 is 21.9 Å². The van der Waals surface area contributed by atoms with Gasteiger partial charge in [0.25, 0.3) is 5.69 Å². The van der Waals surface area contributed by atoms with Crippen molar-refractivity contribution >= 4 is 11.7 Å². The van der Waals surface area contributed by atoms with E-state index >= 15 is 0 Å². The number of esters is 1. The van der Waals surface area contributed by atoms with Crippen LogP contribution in [0.15, 0.2) is 35.9 Å². The van der Waals surface area contributed by atoms with E-state index in [0.29, 0.717) is 5.92 Å². The lowest BCUT2D eigenvalue weighted by Gasteiger charge is -2.71. The van der Waals surface area contributed by atoms with Crippen molar-refractivity contribution < 1.29 is 24.7 Å². The highest BCUT2D eigenvalue weighted by Gasteiger charge is 2.69. The highest BCUT2D eigenvalue weighted by atomic mass is 16.6. The number of hydrogen-bond acceptors (Lipinski definition) is 6. The SMILES string of the molecule is CC1(C)CC[C@]2(C(=O)OCc3ccc([N+](=O)[O-])cc3)CC[C@]3(C)C(=CC[C@@H]4[C@@]5(C)CC[C@H](O)[C@@](C)(CO)[C@@H]5CC[C@]43C)[C@@H]2C1. The molecule has 0 bridgehead atoms. The van der Waals surface area contributed by atoms with Crippen molar-refractivity contribution in [1.29, 1.82) is 0 Å². The third-order valence-electron chi connectivity index (χ3n) is 14.7. The van der Waals surface area contributed by atoms with Gasteiger partial charge in [-0.25, -0.2) is 0 Å². The minimum absolute atomic E-state index is 0.0257. The minimum atomic E-state index is -0.545. The number of aliphatic hydroxyl groups is 2. The molecule has 0 saturated heterocycles. The summed E-state index contributed by atoms with van der Waals surface area (Å²) < 4.78 is 6.09. The molecule has 0 amide bonds. The predicted molar refractivity (Wildman–Crippen MR) is 169 cm³/mol. The Morgan fingerprint density at radius 3 is 2.30 bits per heavy atom. The molecule has 242 valence electrons. The maximum atomic E-state index is 14.2. The molecule has 1 aromatic rings. The molecule has 4 fully saturated rings. The van der Waals surface area contributed by atoms with Gasteiger partial charge >= 0.3 is 5.97 Å². The van der Waals surface area contributed by atoms with Crippen molar-refractivity contribution in [2.24, 2.45) is 50.2 Å². The number of nitro groups is 1. The maximum absolute atomic E-state index is 14.2. The molecule has 44 heavy (non-hydrogen) atoms. The van der Waals surface area contributed by atoms with Crippen LogP contribution in [-0.4, -0.2) is 33.8 Å². The van der Waals surface area contributed by atoms with E-state index in [9.17, 15) is 25.1 Å². The first-order chi connectivity index (χ1) is 20.6. The van der Waals surface area contributed by atoms with Crippen molar-refractivity contribution in [2.45, 2.75) is 118 Å². The van der Waals surface area contributed by atoms with Gasteiger partial charge in [-0.15, -0.1) is 0 Å². The molecule has 0 aromatic heterocycles. The molecule has 0 unspecified atom stereocenters. The zero-order valence-corrected chi connectivity index (χ0v) is 27.7. The number of hydrogen-bond donors (Lipinski definition) is 2. The number of rotatable bonds is 5. The monoisotopic (exact) mass is 607 g/mol. The van der Waals surface area contributed by atoms with E-state index in [1.165, 1.54) is 17.7 Å². The summed E-state index contributed by atoms with van der Waals surface area (Å²) in [7, 11) is 0. The first kappa shape index (κ1) is 31.7. The molecule has 0 heterocycles. The molecule has 9 atom stereocenters. The molecule has 0 aliphatic heterocycles. The van der Waals surface area contributed by atoms with Crippen LogP contribution in [0.4, 0.5) is 5.69 Å². The van der Waals surface area contributed by atoms with E-state index in [-0.39, 0.29) is 58.4 Å². The number of ether oxygens (including phenoxy) is 1. The maximum Gasteiger partial charge on any atom is 0.313 e. The summed E-state index contributed by atoms with van der Waals surface area (Å²) in [5.74, 6) is 0.765. The van der Waals surface area contributed by atoms with Gasteiger partial charge in [-0.3, -0.25) is 14.9 Å². The van der Waals surface area contributed by atoms with Crippen molar-refractivity contribution in [3.05, 3.63) is 51.6 Å². The summed E-state index contributed by atoms with van der Waals surface area (Å²) in [6, 6.07) is 6.29. The van der Waals surface area contributed by atoms with Crippen LogP contribution < -0.4 is 0 Å². The summed E-state index contributed by atoms with van der Waals surface area (Å²) in [5.41, 5.74) is 1.47. The van der Waals surface area contributed by atoms with Crippen molar-refractivity contribution in [3.63, 3.8) is 0 Å². The lowest BCUT2D eigenvalue weighted by molar-refractivity contribution is -0.384. The highest BCUT2D eigenvalue weighted by molar-refractivity contribution is 5.79. The standard InChI is InChI=1S/C37H53NO6/c1-32(2)17-19-37(31(41)44-22-24-7-9-25(10-8-24)38(42)43)20-18-35(5)26(27(37)21-32)11-12-29-33(3)15-14-30(40)34(4,23-39)28(33)13-16-36(29,35)6/h7-11,27-30,39-40H,12-23H2,1-6H3/t27-,28+,29+,30-,33-,34-,35+,36+,37-/m0/s1. The number of carbonyl (C=O) groups excluding carboxylic acids is 1. The van der Waals surface area contributed by atoms with Crippen LogP contribution in [0, 0.1) is 60.4 Å². The second kappa shape index (κ2) is 10.4. The summed E-state index contributed by atoms with van der Waals surface area (Å²) in [6.07, 6.45) is 11.4. The molecule has 7 nitrogen and oxygen atoms in total. The highest BCUT2D eigenvalue weighted by Crippen LogP contribution is 2.75. The molecule has 1 aromatic carbocycles. The number of fused-ring (bicyclic) bond motifs is 7. The Balaban J connectivity index is 1.33. The largest absolute Gasteiger partial charge is 0.460 e. The van der Waals surface area contributed by atoms with Gasteiger partial charge in [-0.05, 0) is 121 Å². The molecule has 4 saturated carbocycles. The number of nitrogens with zero attached hydrogens (tertiary/aromatic N) is 1. The molecule has 0 radical (unpaired) electrons. The van der Waals surface area contributed by atoms with Gasteiger partial charge in [0.05, 0.1) is 23.0 Å². The fourth-order valence-electron chi connectivity index (χ4n) is 11.6. The predicted octanol–water partition coefficient (Wildman–Crippen LogP) is 7.77. The molecule has 5 aliphatic carbocycles. The van der Waals surface area contributed by atoms with E-state index in [1.807, 2.05) is 0 Å². The van der Waals surface area contributed by atoms with Crippen LogP contribution in [0.25, 0.3) is 0 Å². The smallest absolute Gasteiger partial charge is 0.313 e. The first-order valence-corrected chi connectivity index (χ1v) is 17.0. The van der Waals surface area contributed by atoms with Gasteiger partial charge in [0.1, 0.15) is 6.61 Å². The third-order valence-corrected chi connectivity index (χ3v) is 14.7. The Bertz CT molecular complexity index is 1350. The first-order valence-electron chi connectivity index (χ1n) is 17.0. The summed E-state index contributed by atoms with van der Waals surface area (Å²) in [6.45, 7) is 14.4. The van der Waals surface area contributed by atoms with Crippen LogP contribution in [0.1, 0.15) is 111 Å². The summed E-state index contributed by atoms with van der Waals surface area (Å²) >= 11 is 0. The lowest BCUT2D eigenvalue weighted by Crippen LogP contribution is -2.66. The fraction of sp³-hybridized carbons (Fsp3) is 0.757. The zero-order valence-electron chi connectivity index (χ0n) is 27.7. The normalized spacial score (nSPS) is 44.2. The minimum Gasteiger partial charge on any atom is -0.460 e. The molecule has 6 rings (SSSR count). The number of allylic oxidation sites excluding steroid dienone is 2. The number of non-ortho nitro benzene ring substituents is 1. The second-order valence-corrected chi connectivity index (χ2v) is 17.1. The van der Waals surface area contributed by atoms with Gasteiger partial charge in [-0.1, -0.05) is 53.2 Å². The van der Waals surface area contributed by atoms with Gasteiger partial charge in [0, 0.05) is 17.5 Å². The molecule has 2 N–H and O–H groups in total. The van der Waals surface area contributed by atoms with E-state index in [2.05, 4.69) is 47.6 Å². The van der Waals surface area contributed by atoms with Crippen LogP contribution in [0.5, 0.6) is 0 Å². The molecule has 0 spiro atoms.